The molecule has 0 aromatic carbocycles. The van der Waals surface area contributed by atoms with E-state index >= 15 is 0 Å². The van der Waals surface area contributed by atoms with Crippen LogP contribution in [0.15, 0.2) is 12.4 Å². The van der Waals surface area contributed by atoms with Crippen LogP contribution in [0.5, 0.6) is 0 Å². The first-order valence-corrected chi connectivity index (χ1v) is 5.12. The number of piperidine rings is 1. The highest BCUT2D eigenvalue weighted by molar-refractivity contribution is 6.01. The molecule has 90 valence electrons. The second-order valence-corrected chi connectivity index (χ2v) is 3.75. The van der Waals surface area contributed by atoms with Crippen LogP contribution in [0, 0.1) is 5.95 Å². The number of halogens is 1. The molecule has 1 unspecified atom stereocenters. The Bertz CT molecular complexity index is 465. The van der Waals surface area contributed by atoms with Gasteiger partial charge in [0.1, 0.15) is 18.2 Å². The van der Waals surface area contributed by atoms with E-state index in [2.05, 4.69) is 15.3 Å². The van der Waals surface area contributed by atoms with Crippen molar-refractivity contribution in [1.29, 1.82) is 0 Å². The summed E-state index contributed by atoms with van der Waals surface area (Å²) in [6, 6.07) is 0.552. The molecule has 0 spiro atoms. The van der Waals surface area contributed by atoms with Gasteiger partial charge in [0, 0.05) is 19.5 Å². The predicted molar refractivity (Wildman–Crippen MR) is 56.4 cm³/mol. The summed E-state index contributed by atoms with van der Waals surface area (Å²) >= 11 is 0. The second-order valence-electron chi connectivity index (χ2n) is 3.75. The fraction of sp³-hybridized carbons (Fsp3) is 0.400. The van der Waals surface area contributed by atoms with Crippen LogP contribution in [0.2, 0.25) is 0 Å². The van der Waals surface area contributed by atoms with E-state index in [0.29, 0.717) is 6.42 Å². The van der Waals surface area contributed by atoms with Gasteiger partial charge in [-0.05, 0) is 6.42 Å². The van der Waals surface area contributed by atoms with E-state index in [9.17, 15) is 14.0 Å². The van der Waals surface area contributed by atoms with E-state index in [4.69, 9.17) is 0 Å². The number of likely N-dealkylation sites (tertiary alicyclic amines) is 1. The molecule has 1 aliphatic rings. The van der Waals surface area contributed by atoms with E-state index in [1.54, 1.807) is 0 Å². The lowest BCUT2D eigenvalue weighted by atomic mass is 10.0. The van der Waals surface area contributed by atoms with E-state index in [1.165, 1.54) is 7.05 Å². The minimum atomic E-state index is -0.671. The number of rotatable bonds is 2. The molecular formula is C10H11FN4O2. The third-order valence-electron chi connectivity index (χ3n) is 2.61. The van der Waals surface area contributed by atoms with Crippen LogP contribution in [-0.2, 0) is 9.59 Å². The number of hydrogen-bond acceptors (Lipinski definition) is 5. The lowest BCUT2D eigenvalue weighted by Crippen LogP contribution is -2.48. The molecule has 17 heavy (non-hydrogen) atoms. The van der Waals surface area contributed by atoms with Gasteiger partial charge in [0.05, 0.1) is 0 Å². The first-order valence-electron chi connectivity index (χ1n) is 5.12. The highest BCUT2D eigenvalue weighted by atomic mass is 19.1. The number of likely N-dealkylation sites (N-methyl/N-ethyl adjacent to an activating group) is 1. The summed E-state index contributed by atoms with van der Waals surface area (Å²) in [6.07, 6.45) is 1.74. The van der Waals surface area contributed by atoms with Gasteiger partial charge in [0.15, 0.2) is 0 Å². The van der Waals surface area contributed by atoms with Crippen molar-refractivity contribution in [1.82, 2.24) is 14.9 Å². The number of imide groups is 1. The monoisotopic (exact) mass is 238 g/mol. The van der Waals surface area contributed by atoms with Crippen molar-refractivity contribution in [3.8, 4) is 0 Å². The molecule has 1 aromatic heterocycles. The maximum atomic E-state index is 12.8. The summed E-state index contributed by atoms with van der Waals surface area (Å²) in [6.45, 7) is 0. The molecule has 2 rings (SSSR count). The number of nitrogens with zero attached hydrogens (tertiary/aromatic N) is 3. The van der Waals surface area contributed by atoms with Gasteiger partial charge in [-0.1, -0.05) is 0 Å². The molecule has 6 nitrogen and oxygen atoms in total. The number of carbonyl (C=O) groups excluding carboxylic acids is 2. The summed E-state index contributed by atoms with van der Waals surface area (Å²) in [4.78, 5) is 31.2. The first kappa shape index (κ1) is 11.4. The van der Waals surface area contributed by atoms with Crippen LogP contribution in [0.4, 0.5) is 10.2 Å². The standard InChI is InChI=1S/C10H11FN4O2/c1-15-9(16)3-2-6(10(15)17)14-8-4-7(11)12-5-13-8/h4-6H,2-3H2,1H3,(H,12,13,14). The lowest BCUT2D eigenvalue weighted by molar-refractivity contribution is -0.146. The van der Waals surface area contributed by atoms with Crippen molar-refractivity contribution in [2.75, 3.05) is 12.4 Å². The maximum Gasteiger partial charge on any atom is 0.251 e. The largest absolute Gasteiger partial charge is 0.358 e. The van der Waals surface area contributed by atoms with Crippen LogP contribution in [0.1, 0.15) is 12.8 Å². The second kappa shape index (κ2) is 4.44. The molecule has 0 aliphatic carbocycles. The minimum Gasteiger partial charge on any atom is -0.358 e. The first-order chi connectivity index (χ1) is 8.08. The summed E-state index contributed by atoms with van der Waals surface area (Å²) < 4.78 is 12.8. The zero-order valence-electron chi connectivity index (χ0n) is 9.18. The lowest BCUT2D eigenvalue weighted by Gasteiger charge is -2.28. The SMILES string of the molecule is CN1C(=O)CCC(Nc2cc(F)ncn2)C1=O. The van der Waals surface area contributed by atoms with Gasteiger partial charge in [0.2, 0.25) is 11.9 Å². The zero-order valence-corrected chi connectivity index (χ0v) is 9.18. The maximum absolute atomic E-state index is 12.8. The number of carbonyl (C=O) groups is 2. The fourth-order valence-electron chi connectivity index (χ4n) is 1.64. The average Bonchev–Trinajstić information content (AvgIpc) is 2.30. The summed E-state index contributed by atoms with van der Waals surface area (Å²) in [5.74, 6) is -0.976. The summed E-state index contributed by atoms with van der Waals surface area (Å²) in [5.41, 5.74) is 0. The molecule has 0 bridgehead atoms. The molecular weight excluding hydrogens is 227 g/mol. The van der Waals surface area contributed by atoms with E-state index < -0.39 is 12.0 Å². The smallest absolute Gasteiger partial charge is 0.251 e. The molecule has 1 atom stereocenters. The highest BCUT2D eigenvalue weighted by Crippen LogP contribution is 2.15. The summed E-state index contributed by atoms with van der Waals surface area (Å²) in [7, 11) is 1.43. The van der Waals surface area contributed by atoms with Crippen LogP contribution in [-0.4, -0.2) is 39.8 Å². The van der Waals surface area contributed by atoms with E-state index in [1.807, 2.05) is 0 Å². The Hall–Kier alpha value is -2.05. The van der Waals surface area contributed by atoms with Crippen LogP contribution in [0.3, 0.4) is 0 Å². The van der Waals surface area contributed by atoms with Gasteiger partial charge >= 0.3 is 0 Å². The molecule has 1 N–H and O–H groups in total. The van der Waals surface area contributed by atoms with Gasteiger partial charge in [-0.2, -0.15) is 4.39 Å². The Morgan fingerprint density at radius 2 is 2.24 bits per heavy atom. The van der Waals surface area contributed by atoms with Crippen molar-refractivity contribution in [2.45, 2.75) is 18.9 Å². The Labute approximate surface area is 96.9 Å². The van der Waals surface area contributed by atoms with Crippen LogP contribution < -0.4 is 5.32 Å². The number of hydrogen-bond donors (Lipinski definition) is 1. The minimum absolute atomic E-state index is 0.207. The quantitative estimate of drug-likeness (QED) is 0.587. The molecule has 2 amide bonds. The Balaban J connectivity index is 2.09. The molecule has 0 saturated carbocycles. The Morgan fingerprint density at radius 1 is 1.47 bits per heavy atom. The molecule has 1 saturated heterocycles. The number of aromatic nitrogens is 2. The molecule has 0 radical (unpaired) electrons. The number of amides is 2. The van der Waals surface area contributed by atoms with Gasteiger partial charge in [-0.15, -0.1) is 0 Å². The van der Waals surface area contributed by atoms with Crippen molar-refractivity contribution in [3.05, 3.63) is 18.3 Å². The molecule has 1 aromatic rings. The Morgan fingerprint density at radius 3 is 2.94 bits per heavy atom. The van der Waals surface area contributed by atoms with Gasteiger partial charge in [0.25, 0.3) is 5.91 Å². The van der Waals surface area contributed by atoms with E-state index in [0.717, 1.165) is 17.3 Å². The topological polar surface area (TPSA) is 75.2 Å². The van der Waals surface area contributed by atoms with Gasteiger partial charge < -0.3 is 5.32 Å². The third kappa shape index (κ3) is 2.38. The normalized spacial score (nSPS) is 20.6. The van der Waals surface area contributed by atoms with Crippen molar-refractivity contribution in [3.63, 3.8) is 0 Å². The number of anilines is 1. The predicted octanol–water partition coefficient (Wildman–Crippen LogP) is 0.175. The molecule has 2 heterocycles. The highest BCUT2D eigenvalue weighted by Gasteiger charge is 2.31. The zero-order chi connectivity index (χ0) is 12.4. The number of nitrogens with one attached hydrogen (secondary N) is 1. The van der Waals surface area contributed by atoms with Crippen molar-refractivity contribution < 1.29 is 14.0 Å². The van der Waals surface area contributed by atoms with Gasteiger partial charge in [-0.3, -0.25) is 14.5 Å². The van der Waals surface area contributed by atoms with Crippen LogP contribution >= 0.6 is 0 Å². The van der Waals surface area contributed by atoms with Crippen molar-refractivity contribution >= 4 is 17.6 Å². The fourth-order valence-corrected chi connectivity index (χ4v) is 1.64. The third-order valence-corrected chi connectivity index (χ3v) is 2.61. The van der Waals surface area contributed by atoms with Gasteiger partial charge in [-0.25, -0.2) is 9.97 Å². The summed E-state index contributed by atoms with van der Waals surface area (Å²) in [5, 5.41) is 2.79. The van der Waals surface area contributed by atoms with E-state index in [-0.39, 0.29) is 24.1 Å². The molecule has 7 heteroatoms. The molecule has 1 fully saturated rings. The Kier molecular flexibility index (Phi) is 2.99. The molecule has 1 aliphatic heterocycles. The average molecular weight is 238 g/mol. The van der Waals surface area contributed by atoms with Crippen LogP contribution in [0.25, 0.3) is 0 Å². The van der Waals surface area contributed by atoms with Crippen molar-refractivity contribution in [2.24, 2.45) is 0 Å².